The van der Waals surface area contributed by atoms with E-state index in [4.69, 9.17) is 10.00 Å². The maximum atomic E-state index is 12.0. The highest BCUT2D eigenvalue weighted by Crippen LogP contribution is 2.22. The van der Waals surface area contributed by atoms with Crippen LogP contribution in [0.4, 0.5) is 0 Å². The van der Waals surface area contributed by atoms with Gasteiger partial charge in [-0.25, -0.2) is 0 Å². The van der Waals surface area contributed by atoms with Crippen molar-refractivity contribution in [3.63, 3.8) is 0 Å². The normalized spacial score (nSPS) is 13.3. The van der Waals surface area contributed by atoms with Gasteiger partial charge in [0.25, 0.3) is 0 Å². The predicted octanol–water partition coefficient (Wildman–Crippen LogP) is 0.147. The minimum absolute atomic E-state index is 0.0557. The molecule has 0 heterocycles. The van der Waals surface area contributed by atoms with Crippen LogP contribution in [0.15, 0.2) is 0 Å². The van der Waals surface area contributed by atoms with Crippen molar-refractivity contribution in [2.75, 3.05) is 33.9 Å². The Kier molecular flexibility index (Phi) is 6.98. The minimum Gasteiger partial charge on any atom is -0.383 e. The first-order valence-corrected chi connectivity index (χ1v) is 5.83. The molecule has 18 heavy (non-hydrogen) atoms. The summed E-state index contributed by atoms with van der Waals surface area (Å²) in [5.41, 5.74) is -1.07. The third-order valence-corrected chi connectivity index (χ3v) is 2.78. The molecule has 0 aromatic heterocycles. The number of rotatable bonds is 7. The van der Waals surface area contributed by atoms with Crippen LogP contribution >= 0.6 is 0 Å². The van der Waals surface area contributed by atoms with Crippen LogP contribution in [-0.4, -0.2) is 50.6 Å². The van der Waals surface area contributed by atoms with Crippen LogP contribution in [-0.2, 0) is 14.3 Å². The second kappa shape index (κ2) is 7.67. The summed E-state index contributed by atoms with van der Waals surface area (Å²) in [6.45, 7) is 4.12. The van der Waals surface area contributed by atoms with Crippen molar-refractivity contribution in [3.05, 3.63) is 0 Å². The third kappa shape index (κ3) is 4.72. The molecule has 0 aliphatic heterocycles. The van der Waals surface area contributed by atoms with Crippen LogP contribution in [0, 0.1) is 16.7 Å². The molecule has 2 amide bonds. The number of likely N-dealkylation sites (N-methyl/N-ethyl adjacent to an activating group) is 1. The maximum absolute atomic E-state index is 12.0. The van der Waals surface area contributed by atoms with E-state index in [1.54, 1.807) is 21.0 Å². The van der Waals surface area contributed by atoms with Crippen molar-refractivity contribution in [3.8, 4) is 6.07 Å². The predicted molar refractivity (Wildman–Crippen MR) is 66.5 cm³/mol. The molecule has 1 unspecified atom stereocenters. The van der Waals surface area contributed by atoms with Gasteiger partial charge < -0.3 is 15.0 Å². The van der Waals surface area contributed by atoms with E-state index in [9.17, 15) is 9.59 Å². The molecule has 0 fully saturated rings. The van der Waals surface area contributed by atoms with Gasteiger partial charge in [0.1, 0.15) is 5.41 Å². The van der Waals surface area contributed by atoms with Gasteiger partial charge in [0, 0.05) is 20.7 Å². The molecule has 0 aliphatic rings. The zero-order valence-corrected chi connectivity index (χ0v) is 11.4. The van der Waals surface area contributed by atoms with Crippen LogP contribution in [0.3, 0.4) is 0 Å². The third-order valence-electron chi connectivity index (χ3n) is 2.78. The molecule has 0 rings (SSSR count). The van der Waals surface area contributed by atoms with Gasteiger partial charge in [-0.3, -0.25) is 9.59 Å². The van der Waals surface area contributed by atoms with E-state index in [2.05, 4.69) is 5.32 Å². The zero-order chi connectivity index (χ0) is 14.2. The average Bonchev–Trinajstić information content (AvgIpc) is 2.37. The highest BCUT2D eigenvalue weighted by molar-refractivity contribution is 5.89. The lowest BCUT2D eigenvalue weighted by Crippen LogP contribution is -2.44. The van der Waals surface area contributed by atoms with E-state index in [0.29, 0.717) is 19.6 Å². The monoisotopic (exact) mass is 255 g/mol. The van der Waals surface area contributed by atoms with Crippen LogP contribution in [0.2, 0.25) is 0 Å². The Morgan fingerprint density at radius 1 is 1.50 bits per heavy atom. The Labute approximate surface area is 108 Å². The second-order valence-corrected chi connectivity index (χ2v) is 4.30. The van der Waals surface area contributed by atoms with Crippen molar-refractivity contribution in [2.45, 2.75) is 20.3 Å². The zero-order valence-electron chi connectivity index (χ0n) is 11.4. The second-order valence-electron chi connectivity index (χ2n) is 4.30. The summed E-state index contributed by atoms with van der Waals surface area (Å²) in [6.07, 6.45) is 0.415. The lowest BCUT2D eigenvalue weighted by Gasteiger charge is -2.25. The largest absolute Gasteiger partial charge is 0.383 e. The summed E-state index contributed by atoms with van der Waals surface area (Å²) in [7, 11) is 3.06. The minimum atomic E-state index is -1.07. The van der Waals surface area contributed by atoms with Gasteiger partial charge in [0.15, 0.2) is 0 Å². The first-order valence-electron chi connectivity index (χ1n) is 5.83. The molecular formula is C12H21N3O3. The molecule has 0 saturated carbocycles. The molecule has 1 atom stereocenters. The highest BCUT2D eigenvalue weighted by Gasteiger charge is 2.34. The first kappa shape index (κ1) is 16.4. The Balaban J connectivity index is 4.33. The fourth-order valence-corrected chi connectivity index (χ4v) is 1.33. The van der Waals surface area contributed by atoms with Gasteiger partial charge in [-0.15, -0.1) is 0 Å². The van der Waals surface area contributed by atoms with Crippen molar-refractivity contribution in [1.29, 1.82) is 5.26 Å². The molecule has 1 N–H and O–H groups in total. The number of hydrogen-bond donors (Lipinski definition) is 1. The van der Waals surface area contributed by atoms with Crippen molar-refractivity contribution < 1.29 is 14.3 Å². The van der Waals surface area contributed by atoms with E-state index in [0.717, 1.165) is 0 Å². The standard InChI is InChI=1S/C12H21N3O3/c1-5-12(2,9-13)11(17)15(3)8-10(16)14-6-7-18-4/h5-8H2,1-4H3,(H,14,16). The van der Waals surface area contributed by atoms with Gasteiger partial charge in [0.2, 0.25) is 11.8 Å². The van der Waals surface area contributed by atoms with E-state index in [-0.39, 0.29) is 18.4 Å². The molecule has 0 spiro atoms. The van der Waals surface area contributed by atoms with Crippen molar-refractivity contribution in [2.24, 2.45) is 5.41 Å². The Hall–Kier alpha value is -1.61. The fraction of sp³-hybridized carbons (Fsp3) is 0.750. The number of methoxy groups -OCH3 is 1. The molecule has 6 nitrogen and oxygen atoms in total. The number of nitrogens with one attached hydrogen (secondary N) is 1. The lowest BCUT2D eigenvalue weighted by molar-refractivity contribution is -0.140. The van der Waals surface area contributed by atoms with Gasteiger partial charge in [-0.2, -0.15) is 5.26 Å². The van der Waals surface area contributed by atoms with E-state index >= 15 is 0 Å². The number of ether oxygens (including phenoxy) is 1. The fourth-order valence-electron chi connectivity index (χ4n) is 1.33. The number of nitriles is 1. The molecule has 0 bridgehead atoms. The summed E-state index contributed by atoms with van der Waals surface area (Å²) in [5, 5.41) is 11.6. The summed E-state index contributed by atoms with van der Waals surface area (Å²) < 4.78 is 4.80. The Morgan fingerprint density at radius 3 is 2.56 bits per heavy atom. The topological polar surface area (TPSA) is 82.4 Å². The van der Waals surface area contributed by atoms with Crippen LogP contribution in [0.1, 0.15) is 20.3 Å². The highest BCUT2D eigenvalue weighted by atomic mass is 16.5. The smallest absolute Gasteiger partial charge is 0.242 e. The van der Waals surface area contributed by atoms with Gasteiger partial charge in [-0.1, -0.05) is 6.92 Å². The van der Waals surface area contributed by atoms with Crippen molar-refractivity contribution >= 4 is 11.8 Å². The molecule has 0 aromatic carbocycles. The Morgan fingerprint density at radius 2 is 2.11 bits per heavy atom. The van der Waals surface area contributed by atoms with E-state index < -0.39 is 5.41 Å². The van der Waals surface area contributed by atoms with Crippen molar-refractivity contribution in [1.82, 2.24) is 10.2 Å². The summed E-state index contributed by atoms with van der Waals surface area (Å²) >= 11 is 0. The van der Waals surface area contributed by atoms with Crippen LogP contribution < -0.4 is 5.32 Å². The van der Waals surface area contributed by atoms with Gasteiger partial charge >= 0.3 is 0 Å². The van der Waals surface area contributed by atoms with Gasteiger partial charge in [-0.05, 0) is 13.3 Å². The molecule has 6 heteroatoms. The SMILES string of the molecule is CCC(C)(C#N)C(=O)N(C)CC(=O)NCCOC. The molecule has 0 radical (unpaired) electrons. The van der Waals surface area contributed by atoms with E-state index in [1.165, 1.54) is 11.9 Å². The van der Waals surface area contributed by atoms with Crippen LogP contribution in [0.5, 0.6) is 0 Å². The summed E-state index contributed by atoms with van der Waals surface area (Å²) in [5.74, 6) is -0.603. The number of nitrogens with zero attached hydrogens (tertiary/aromatic N) is 2. The molecule has 0 saturated heterocycles. The first-order chi connectivity index (χ1) is 8.41. The number of carbonyl (C=O) groups is 2. The number of hydrogen-bond acceptors (Lipinski definition) is 4. The summed E-state index contributed by atoms with van der Waals surface area (Å²) in [4.78, 5) is 24.8. The maximum Gasteiger partial charge on any atom is 0.242 e. The van der Waals surface area contributed by atoms with Gasteiger partial charge in [0.05, 0.1) is 19.2 Å². The number of amides is 2. The number of carbonyl (C=O) groups excluding carboxylic acids is 2. The quantitative estimate of drug-likeness (QED) is 0.656. The Bertz CT molecular complexity index is 338. The molecule has 102 valence electrons. The molecule has 0 aromatic rings. The summed E-state index contributed by atoms with van der Waals surface area (Å²) in [6, 6.07) is 1.99. The molecular weight excluding hydrogens is 234 g/mol. The lowest BCUT2D eigenvalue weighted by atomic mass is 9.88. The molecule has 0 aliphatic carbocycles. The van der Waals surface area contributed by atoms with Crippen LogP contribution in [0.25, 0.3) is 0 Å². The van der Waals surface area contributed by atoms with E-state index in [1.807, 2.05) is 6.07 Å². The average molecular weight is 255 g/mol.